The Balaban J connectivity index is 1.79. The van der Waals surface area contributed by atoms with E-state index in [1.807, 2.05) is 13.8 Å². The van der Waals surface area contributed by atoms with Gasteiger partial charge < -0.3 is 68.5 Å². The molecular weight excluding hydrogens is 909 g/mol. The smallest absolute Gasteiger partial charge is 0.326 e. The van der Waals surface area contributed by atoms with Gasteiger partial charge in [0.2, 0.25) is 53.2 Å². The number of thiol groups is 1. The number of aliphatic carboxylic acids is 1. The van der Waals surface area contributed by atoms with Gasteiger partial charge in [-0.25, -0.2) is 4.79 Å². The number of carbonyl (C=O) groups excluding carboxylic acids is 9. The van der Waals surface area contributed by atoms with Crippen LogP contribution in [0.1, 0.15) is 85.1 Å². The molecule has 2 fully saturated rings. The highest BCUT2D eigenvalue weighted by molar-refractivity contribution is 7.80. The second kappa shape index (κ2) is 26.5. The average Bonchev–Trinajstić information content (AvgIpc) is 3.97. The molecule has 0 unspecified atom stereocenters. The number of benzene rings is 1. The third-order valence-electron chi connectivity index (χ3n) is 11.4. The van der Waals surface area contributed by atoms with Crippen molar-refractivity contribution in [1.82, 2.24) is 41.7 Å². The number of hydrogen-bond donors (Lipinski definition) is 12. The largest absolute Gasteiger partial charge is 0.508 e. The Labute approximate surface area is 400 Å². The first kappa shape index (κ1) is 56.3. The average molecular weight is 977 g/mol. The van der Waals surface area contributed by atoms with Gasteiger partial charge in [-0.1, -0.05) is 39.8 Å². The van der Waals surface area contributed by atoms with Crippen LogP contribution in [0, 0.1) is 11.8 Å². The summed E-state index contributed by atoms with van der Waals surface area (Å²) in [5.41, 5.74) is 11.4. The van der Waals surface area contributed by atoms with Crippen molar-refractivity contribution in [1.29, 1.82) is 0 Å². The Bertz CT molecular complexity index is 1990. The number of phenolic OH excluding ortho intramolecular Hbond substituents is 1. The number of aromatic hydroxyl groups is 1. The van der Waals surface area contributed by atoms with E-state index < -0.39 is 127 Å². The maximum Gasteiger partial charge on any atom is 0.326 e. The second-order valence-corrected chi connectivity index (χ2v) is 18.4. The fourth-order valence-corrected chi connectivity index (χ4v) is 8.21. The SMILES string of the molecule is CC(C)C[C@H](NC(=O)[C@H](CS)NC(=O)[C@H](CO)NC(=O)[C@@H]1CCCN1C(=O)[C@H](CC(C)C)NC(=O)[C@H](Cc1ccc(O)cc1)NC(=O)[C@@H]1CCCN1C(=O)[C@H](C)NC(=O)[C@@H](N)CC(N)=O)C(=O)O. The fraction of sp³-hybridized carbons (Fsp3) is 0.636. The van der Waals surface area contributed by atoms with Crippen LogP contribution in [0.15, 0.2) is 24.3 Å². The Morgan fingerprint density at radius 3 is 1.63 bits per heavy atom. The first-order chi connectivity index (χ1) is 32.0. The van der Waals surface area contributed by atoms with E-state index in [1.54, 1.807) is 26.0 Å². The first-order valence-electron chi connectivity index (χ1n) is 22.7. The predicted octanol–water partition coefficient (Wildman–Crippen LogP) is -2.85. The summed E-state index contributed by atoms with van der Waals surface area (Å²) in [6.45, 7) is 7.91. The molecule has 1 aromatic carbocycles. The number of amides is 9. The number of aliphatic hydroxyl groups excluding tert-OH is 1. The highest BCUT2D eigenvalue weighted by Crippen LogP contribution is 2.23. The summed E-state index contributed by atoms with van der Waals surface area (Å²) in [7, 11) is 0. The summed E-state index contributed by atoms with van der Waals surface area (Å²) in [4.78, 5) is 134. The Morgan fingerprint density at radius 1 is 0.662 bits per heavy atom. The van der Waals surface area contributed by atoms with Crippen molar-refractivity contribution in [2.75, 3.05) is 25.4 Å². The molecule has 0 aliphatic carbocycles. The second-order valence-electron chi connectivity index (χ2n) is 18.0. The number of nitrogens with one attached hydrogen (secondary N) is 6. The molecule has 23 nitrogen and oxygen atoms in total. The number of rotatable bonds is 25. The van der Waals surface area contributed by atoms with Crippen molar-refractivity contribution in [3.8, 4) is 5.75 Å². The number of carboxylic acids is 1. The van der Waals surface area contributed by atoms with Crippen LogP contribution in [-0.4, -0.2) is 164 Å². The van der Waals surface area contributed by atoms with E-state index in [2.05, 4.69) is 44.5 Å². The van der Waals surface area contributed by atoms with Gasteiger partial charge in [0.05, 0.1) is 19.1 Å². The lowest BCUT2D eigenvalue weighted by Gasteiger charge is -2.32. The number of primary amides is 1. The van der Waals surface area contributed by atoms with Gasteiger partial charge in [-0.05, 0) is 75.0 Å². The van der Waals surface area contributed by atoms with E-state index in [9.17, 15) is 63.3 Å². The predicted molar refractivity (Wildman–Crippen MR) is 248 cm³/mol. The summed E-state index contributed by atoms with van der Waals surface area (Å²) in [6, 6.07) is -5.48. The number of phenols is 1. The van der Waals surface area contributed by atoms with Crippen LogP contribution in [0.2, 0.25) is 0 Å². The van der Waals surface area contributed by atoms with Crippen molar-refractivity contribution >= 4 is 71.8 Å². The molecule has 2 aliphatic heterocycles. The minimum Gasteiger partial charge on any atom is -0.508 e. The molecule has 24 heteroatoms. The Morgan fingerprint density at radius 2 is 1.13 bits per heavy atom. The van der Waals surface area contributed by atoms with Gasteiger partial charge in [-0.15, -0.1) is 0 Å². The number of aliphatic hydroxyl groups is 1. The summed E-state index contributed by atoms with van der Waals surface area (Å²) in [5.74, 6) is -8.75. The van der Waals surface area contributed by atoms with Crippen molar-refractivity contribution < 1.29 is 63.3 Å². The van der Waals surface area contributed by atoms with E-state index in [0.29, 0.717) is 18.4 Å². The highest BCUT2D eigenvalue weighted by atomic mass is 32.1. The van der Waals surface area contributed by atoms with Crippen LogP contribution in [0.25, 0.3) is 0 Å². The lowest BCUT2D eigenvalue weighted by atomic mass is 10.00. The molecule has 3 rings (SSSR count). The molecule has 0 aromatic heterocycles. The van der Waals surface area contributed by atoms with Crippen molar-refractivity contribution in [3.63, 3.8) is 0 Å². The van der Waals surface area contributed by atoms with Crippen LogP contribution in [-0.2, 0) is 54.4 Å². The molecule has 9 atom stereocenters. The molecule has 0 radical (unpaired) electrons. The first-order valence-corrected chi connectivity index (χ1v) is 23.3. The number of hydrogen-bond acceptors (Lipinski definition) is 14. The molecule has 2 saturated heterocycles. The van der Waals surface area contributed by atoms with Gasteiger partial charge in [-0.2, -0.15) is 12.6 Å². The van der Waals surface area contributed by atoms with Crippen molar-refractivity contribution in [3.05, 3.63) is 29.8 Å². The Hall–Kier alpha value is -6.01. The maximum absolute atomic E-state index is 14.4. The molecule has 0 bridgehead atoms. The van der Waals surface area contributed by atoms with Gasteiger partial charge in [0.1, 0.15) is 54.1 Å². The lowest BCUT2D eigenvalue weighted by Crippen LogP contribution is -2.60. The number of likely N-dealkylation sites (tertiary alicyclic amines) is 2. The van der Waals surface area contributed by atoms with Gasteiger partial charge in [0.25, 0.3) is 0 Å². The van der Waals surface area contributed by atoms with Gasteiger partial charge >= 0.3 is 5.97 Å². The zero-order valence-electron chi connectivity index (χ0n) is 39.1. The summed E-state index contributed by atoms with van der Waals surface area (Å²) < 4.78 is 0. The van der Waals surface area contributed by atoms with Crippen LogP contribution >= 0.6 is 12.6 Å². The number of carboxylic acid groups (broad SMARTS) is 1. The van der Waals surface area contributed by atoms with E-state index >= 15 is 0 Å². The van der Waals surface area contributed by atoms with Crippen molar-refractivity contribution in [2.45, 2.75) is 140 Å². The highest BCUT2D eigenvalue weighted by Gasteiger charge is 2.42. The summed E-state index contributed by atoms with van der Waals surface area (Å²) in [6.07, 6.45) is 0.813. The summed E-state index contributed by atoms with van der Waals surface area (Å²) in [5, 5.41) is 44.7. The molecular formula is C44H68N10O13S. The van der Waals surface area contributed by atoms with E-state index in [4.69, 9.17) is 11.5 Å². The van der Waals surface area contributed by atoms with Crippen LogP contribution in [0.5, 0.6) is 5.75 Å². The Kier molecular flexibility index (Phi) is 22.0. The van der Waals surface area contributed by atoms with E-state index in [0.717, 1.165) is 0 Å². The third-order valence-corrected chi connectivity index (χ3v) is 11.8. The molecule has 1 aromatic rings. The monoisotopic (exact) mass is 976 g/mol. The maximum atomic E-state index is 14.4. The molecule has 378 valence electrons. The van der Waals surface area contributed by atoms with E-state index in [1.165, 1.54) is 28.9 Å². The number of carbonyl (C=O) groups is 10. The van der Waals surface area contributed by atoms with Crippen LogP contribution in [0.3, 0.4) is 0 Å². The molecule has 68 heavy (non-hydrogen) atoms. The quantitative estimate of drug-likeness (QED) is 0.0439. The normalized spacial score (nSPS) is 18.9. The molecule has 2 aliphatic rings. The molecule has 9 amide bonds. The molecule has 2 heterocycles. The molecule has 13 N–H and O–H groups in total. The molecule has 0 spiro atoms. The summed E-state index contributed by atoms with van der Waals surface area (Å²) >= 11 is 4.11. The minimum atomic E-state index is -1.59. The van der Waals surface area contributed by atoms with Crippen LogP contribution < -0.4 is 43.4 Å². The zero-order valence-corrected chi connectivity index (χ0v) is 40.0. The van der Waals surface area contributed by atoms with E-state index in [-0.39, 0.29) is 68.5 Å². The minimum absolute atomic E-state index is 0.0501. The van der Waals surface area contributed by atoms with Gasteiger partial charge in [0.15, 0.2) is 0 Å². The standard InChI is InChI=1S/C44H68N10O13S/c1-22(2)16-29(43(65)54-15-7-9-34(54)41(63)51-31(20-55)38(60)52-32(21-68)39(61)50-30(44(66)67)17-23(3)4)49-37(59)28(18-25-10-12-26(56)13-11-25)48-40(62)33-8-6-14-53(33)42(64)24(5)47-36(58)27(45)19-35(46)57/h10-13,22-24,27-34,55-56,68H,6-9,14-21,45H2,1-5H3,(H2,46,57)(H,47,58)(H,48,62)(H,49,59)(H,50,61)(H,51,63)(H,52,60)(H,66,67)/t24-,27-,28-,29-,30-,31-,32-,33-,34-/m0/s1. The van der Waals surface area contributed by atoms with Crippen LogP contribution in [0.4, 0.5) is 0 Å². The molecule has 0 saturated carbocycles. The lowest BCUT2D eigenvalue weighted by molar-refractivity contribution is -0.143. The number of nitrogens with two attached hydrogens (primary N) is 2. The third kappa shape index (κ3) is 16.6. The van der Waals surface area contributed by atoms with Gasteiger partial charge in [0, 0.05) is 25.3 Å². The number of nitrogens with zero attached hydrogens (tertiary/aromatic N) is 2. The topological polar surface area (TPSA) is 362 Å². The van der Waals surface area contributed by atoms with Gasteiger partial charge in [-0.3, -0.25) is 43.2 Å². The zero-order chi connectivity index (χ0) is 51.0. The fourth-order valence-electron chi connectivity index (χ4n) is 7.95. The van der Waals surface area contributed by atoms with Crippen molar-refractivity contribution in [2.24, 2.45) is 23.3 Å².